The Kier molecular flexibility index (Phi) is 5.47. The molecule has 1 amide bonds. The van der Waals surface area contributed by atoms with Crippen molar-refractivity contribution in [3.63, 3.8) is 0 Å². The Morgan fingerprint density at radius 2 is 2.10 bits per heavy atom. The van der Waals surface area contributed by atoms with Gasteiger partial charge in [0.1, 0.15) is 0 Å². The first-order valence-corrected chi connectivity index (χ1v) is 8.07. The molecule has 0 aliphatic heterocycles. The van der Waals surface area contributed by atoms with E-state index in [1.807, 2.05) is 0 Å². The average Bonchev–Trinajstić information content (AvgIpc) is 2.36. The summed E-state index contributed by atoms with van der Waals surface area (Å²) in [7, 11) is 0. The van der Waals surface area contributed by atoms with Crippen LogP contribution in [-0.2, 0) is 11.2 Å². The van der Waals surface area contributed by atoms with Gasteiger partial charge in [0.2, 0.25) is 5.91 Å². The molecule has 1 aliphatic carbocycles. The van der Waals surface area contributed by atoms with Crippen LogP contribution in [0.1, 0.15) is 42.4 Å². The molecule has 0 bridgehead atoms. The Morgan fingerprint density at radius 3 is 2.70 bits per heavy atom. The molecule has 1 aromatic carbocycles. The molecule has 0 saturated heterocycles. The Balaban J connectivity index is 2.05. The van der Waals surface area contributed by atoms with E-state index in [1.54, 1.807) is 0 Å². The second kappa shape index (κ2) is 7.12. The number of halogens is 1. The number of alkyl halides is 1. The van der Waals surface area contributed by atoms with Gasteiger partial charge in [-0.3, -0.25) is 4.79 Å². The molecule has 110 valence electrons. The highest BCUT2D eigenvalue weighted by molar-refractivity contribution is 6.17. The molecule has 0 aromatic heterocycles. The van der Waals surface area contributed by atoms with Gasteiger partial charge in [0.25, 0.3) is 0 Å². The minimum absolute atomic E-state index is 0.258. The summed E-state index contributed by atoms with van der Waals surface area (Å²) in [6.07, 6.45) is 4.96. The van der Waals surface area contributed by atoms with Gasteiger partial charge in [-0.25, -0.2) is 0 Å². The normalized spacial score (nSPS) is 14.9. The van der Waals surface area contributed by atoms with Crippen LogP contribution in [0, 0.1) is 13.8 Å². The zero-order valence-electron chi connectivity index (χ0n) is 12.5. The van der Waals surface area contributed by atoms with Gasteiger partial charge >= 0.3 is 0 Å². The number of nitrogens with zero attached hydrogens (tertiary/aromatic N) is 1. The number of hydrogen-bond acceptors (Lipinski definition) is 1. The smallest absolute Gasteiger partial charge is 0.227 e. The fourth-order valence-corrected chi connectivity index (χ4v) is 2.81. The largest absolute Gasteiger partial charge is 0.339 e. The van der Waals surface area contributed by atoms with E-state index < -0.39 is 0 Å². The highest BCUT2D eigenvalue weighted by atomic mass is 35.5. The van der Waals surface area contributed by atoms with Crippen molar-refractivity contribution in [1.82, 2.24) is 4.90 Å². The molecule has 2 rings (SSSR count). The molecule has 0 heterocycles. The van der Waals surface area contributed by atoms with Crippen molar-refractivity contribution in [2.75, 3.05) is 12.4 Å². The molecule has 1 aliphatic rings. The predicted molar refractivity (Wildman–Crippen MR) is 84.3 cm³/mol. The SMILES string of the molecule is Cc1ccc(C)c(CC(=O)N(CCCCl)C2CCC2)c1. The van der Waals surface area contributed by atoms with E-state index >= 15 is 0 Å². The molecule has 20 heavy (non-hydrogen) atoms. The fourth-order valence-electron chi connectivity index (χ4n) is 2.69. The molecule has 0 atom stereocenters. The number of amides is 1. The molecule has 0 spiro atoms. The lowest BCUT2D eigenvalue weighted by Crippen LogP contribution is -2.45. The Hall–Kier alpha value is -1.02. The molecular weight excluding hydrogens is 270 g/mol. The molecule has 0 unspecified atom stereocenters. The first-order valence-electron chi connectivity index (χ1n) is 7.53. The maximum Gasteiger partial charge on any atom is 0.227 e. The molecular formula is C17H24ClNO. The summed E-state index contributed by atoms with van der Waals surface area (Å²) in [4.78, 5) is 14.7. The van der Waals surface area contributed by atoms with E-state index in [4.69, 9.17) is 11.6 Å². The van der Waals surface area contributed by atoms with E-state index in [-0.39, 0.29) is 5.91 Å². The molecule has 1 aromatic rings. The molecule has 0 radical (unpaired) electrons. The van der Waals surface area contributed by atoms with E-state index in [1.165, 1.54) is 17.5 Å². The summed E-state index contributed by atoms with van der Waals surface area (Å²) in [6.45, 7) is 4.96. The summed E-state index contributed by atoms with van der Waals surface area (Å²) in [5.41, 5.74) is 3.58. The average molecular weight is 294 g/mol. The maximum absolute atomic E-state index is 12.6. The molecule has 1 fully saturated rings. The Bertz CT molecular complexity index is 468. The third kappa shape index (κ3) is 3.76. The zero-order valence-corrected chi connectivity index (χ0v) is 13.2. The van der Waals surface area contributed by atoms with Gasteiger partial charge in [0.15, 0.2) is 0 Å². The van der Waals surface area contributed by atoms with Gasteiger partial charge in [0.05, 0.1) is 6.42 Å². The summed E-state index contributed by atoms with van der Waals surface area (Å²) in [6, 6.07) is 6.79. The summed E-state index contributed by atoms with van der Waals surface area (Å²) in [5, 5.41) is 0. The lowest BCUT2D eigenvalue weighted by Gasteiger charge is -2.37. The summed E-state index contributed by atoms with van der Waals surface area (Å²) < 4.78 is 0. The lowest BCUT2D eigenvalue weighted by atomic mass is 9.90. The second-order valence-corrected chi connectivity index (χ2v) is 6.20. The van der Waals surface area contributed by atoms with Crippen LogP contribution in [0.4, 0.5) is 0 Å². The van der Waals surface area contributed by atoms with Crippen LogP contribution < -0.4 is 0 Å². The highest BCUT2D eigenvalue weighted by Crippen LogP contribution is 2.26. The first kappa shape index (κ1) is 15.4. The number of benzene rings is 1. The van der Waals surface area contributed by atoms with Crippen LogP contribution in [0.5, 0.6) is 0 Å². The van der Waals surface area contributed by atoms with Crippen molar-refractivity contribution < 1.29 is 4.79 Å². The molecule has 1 saturated carbocycles. The molecule has 0 N–H and O–H groups in total. The quantitative estimate of drug-likeness (QED) is 0.730. The van der Waals surface area contributed by atoms with Crippen LogP contribution in [0.25, 0.3) is 0 Å². The monoisotopic (exact) mass is 293 g/mol. The number of hydrogen-bond donors (Lipinski definition) is 0. The predicted octanol–water partition coefficient (Wildman–Crippen LogP) is 3.86. The summed E-state index contributed by atoms with van der Waals surface area (Å²) >= 11 is 5.78. The lowest BCUT2D eigenvalue weighted by molar-refractivity contribution is -0.134. The zero-order chi connectivity index (χ0) is 14.5. The van der Waals surface area contributed by atoms with Gasteiger partial charge < -0.3 is 4.90 Å². The minimum Gasteiger partial charge on any atom is -0.339 e. The standard InChI is InChI=1S/C17H24ClNO/c1-13-7-8-14(2)15(11-13)12-17(20)19(10-4-9-18)16-5-3-6-16/h7-8,11,16H,3-6,9-10,12H2,1-2H3. The van der Waals surface area contributed by atoms with Crippen LogP contribution >= 0.6 is 11.6 Å². The van der Waals surface area contributed by atoms with Gasteiger partial charge in [-0.2, -0.15) is 0 Å². The van der Waals surface area contributed by atoms with Crippen molar-refractivity contribution in [3.05, 3.63) is 34.9 Å². The Labute approximate surface area is 127 Å². The van der Waals surface area contributed by atoms with Crippen molar-refractivity contribution in [2.45, 2.75) is 52.0 Å². The topological polar surface area (TPSA) is 20.3 Å². The first-order chi connectivity index (χ1) is 9.61. The third-order valence-electron chi connectivity index (χ3n) is 4.21. The van der Waals surface area contributed by atoms with Crippen LogP contribution in [0.2, 0.25) is 0 Å². The van der Waals surface area contributed by atoms with Crippen molar-refractivity contribution in [3.8, 4) is 0 Å². The molecule has 2 nitrogen and oxygen atoms in total. The van der Waals surface area contributed by atoms with E-state index in [0.717, 1.165) is 31.4 Å². The van der Waals surface area contributed by atoms with E-state index in [9.17, 15) is 4.79 Å². The minimum atomic E-state index is 0.258. The summed E-state index contributed by atoms with van der Waals surface area (Å²) in [5.74, 6) is 0.883. The maximum atomic E-state index is 12.6. The number of carbonyl (C=O) groups is 1. The van der Waals surface area contributed by atoms with Crippen LogP contribution in [-0.4, -0.2) is 29.3 Å². The third-order valence-corrected chi connectivity index (χ3v) is 4.48. The number of rotatable bonds is 6. The van der Waals surface area contributed by atoms with Crippen LogP contribution in [0.15, 0.2) is 18.2 Å². The van der Waals surface area contributed by atoms with Gasteiger partial charge in [-0.1, -0.05) is 23.8 Å². The van der Waals surface area contributed by atoms with Gasteiger partial charge in [0, 0.05) is 18.5 Å². The van der Waals surface area contributed by atoms with Crippen molar-refractivity contribution >= 4 is 17.5 Å². The number of aryl methyl sites for hydroxylation is 2. The van der Waals surface area contributed by atoms with E-state index in [2.05, 4.69) is 36.9 Å². The van der Waals surface area contributed by atoms with E-state index in [0.29, 0.717) is 18.3 Å². The second-order valence-electron chi connectivity index (χ2n) is 5.82. The van der Waals surface area contributed by atoms with Gasteiger partial charge in [-0.05, 0) is 50.7 Å². The van der Waals surface area contributed by atoms with Gasteiger partial charge in [-0.15, -0.1) is 11.6 Å². The highest BCUT2D eigenvalue weighted by Gasteiger charge is 2.28. The van der Waals surface area contributed by atoms with Crippen molar-refractivity contribution in [1.29, 1.82) is 0 Å². The van der Waals surface area contributed by atoms with Crippen LogP contribution in [0.3, 0.4) is 0 Å². The molecule has 3 heteroatoms. The van der Waals surface area contributed by atoms with Crippen molar-refractivity contribution in [2.24, 2.45) is 0 Å². The number of carbonyl (C=O) groups excluding carboxylic acids is 1. The Morgan fingerprint density at radius 1 is 1.35 bits per heavy atom. The fraction of sp³-hybridized carbons (Fsp3) is 0.588.